The van der Waals surface area contributed by atoms with E-state index in [1.165, 1.54) is 140 Å². The monoisotopic (exact) mass is 996 g/mol. The normalized spacial score (nSPS) is 17.8. The van der Waals surface area contributed by atoms with Crippen molar-refractivity contribution >= 4 is 26.5 Å². The Morgan fingerprint density at radius 3 is 0.967 bits per heavy atom. The zero-order chi connectivity index (χ0) is 40.1. The Morgan fingerprint density at radius 1 is 0.377 bits per heavy atom. The SMILES string of the molecule is COc1ccc(-c2cccc(P(C3CCCCC3)C3CCCCC3)c2)c(OC)c1.COc1ccc(-c2cccc(P(C3CCCCC3)C3CCCCC3)c2)c(OC)c1.[Cl-].[Cl-].[Pd+2]. The number of methoxy groups -OCH3 is 4. The fourth-order valence-electron chi connectivity index (χ4n) is 10.6. The summed E-state index contributed by atoms with van der Waals surface area (Å²) in [5, 5.41) is 3.24. The third-order valence-electron chi connectivity index (χ3n) is 13.6. The summed E-state index contributed by atoms with van der Waals surface area (Å²) in [5.74, 6) is 3.46. The van der Waals surface area contributed by atoms with Gasteiger partial charge in [-0.15, -0.1) is 0 Å². The summed E-state index contributed by atoms with van der Waals surface area (Å²) in [7, 11) is 6.73. The molecule has 0 bridgehead atoms. The van der Waals surface area contributed by atoms with Crippen LogP contribution in [0.25, 0.3) is 22.3 Å². The molecule has 0 atom stereocenters. The Bertz CT molecular complexity index is 1700. The molecular weight excluding hydrogens is 928 g/mol. The van der Waals surface area contributed by atoms with Crippen molar-refractivity contribution in [3.05, 3.63) is 84.9 Å². The van der Waals surface area contributed by atoms with Crippen LogP contribution >= 0.6 is 15.8 Å². The van der Waals surface area contributed by atoms with Gasteiger partial charge in [-0.1, -0.05) is 129 Å². The van der Waals surface area contributed by atoms with E-state index in [9.17, 15) is 0 Å². The smallest absolute Gasteiger partial charge is 1.00 e. The van der Waals surface area contributed by atoms with Gasteiger partial charge in [0.1, 0.15) is 23.0 Å². The molecule has 61 heavy (non-hydrogen) atoms. The predicted octanol–water partition coefficient (Wildman–Crippen LogP) is 8.29. The molecule has 0 aliphatic heterocycles. The second-order valence-corrected chi connectivity index (χ2v) is 22.8. The van der Waals surface area contributed by atoms with Crippen LogP contribution in [0.2, 0.25) is 0 Å². The third kappa shape index (κ3) is 13.6. The standard InChI is InChI=1S/2C26H35O2P.2ClH.Pd/c2*1-27-21-16-17-25(26(19-21)28-2)20-10-9-15-24(18-20)29(22-11-5-3-6-12-22)23-13-7-4-8-14-23;;;/h2*9-10,15-19,22-23H,3-8,11-14H2,1-2H3;2*1H;/q;;;;+2/p-2. The molecule has 0 amide bonds. The van der Waals surface area contributed by atoms with Crippen molar-refractivity contribution in [3.63, 3.8) is 0 Å². The van der Waals surface area contributed by atoms with Gasteiger partial charge >= 0.3 is 20.4 Å². The van der Waals surface area contributed by atoms with Gasteiger partial charge in [0.25, 0.3) is 0 Å². The molecule has 0 aromatic heterocycles. The Balaban J connectivity index is 0.000000256. The van der Waals surface area contributed by atoms with E-state index >= 15 is 0 Å². The van der Waals surface area contributed by atoms with E-state index in [-0.39, 0.29) is 61.1 Å². The minimum atomic E-state index is -0.0874. The molecule has 4 aromatic rings. The number of rotatable bonds is 12. The van der Waals surface area contributed by atoms with Crippen molar-refractivity contribution in [1.82, 2.24) is 0 Å². The Kier molecular flexibility index (Phi) is 22.8. The quantitative estimate of drug-likeness (QED) is 0.106. The molecule has 0 saturated heterocycles. The van der Waals surface area contributed by atoms with Crippen LogP contribution in [0.15, 0.2) is 84.9 Å². The summed E-state index contributed by atoms with van der Waals surface area (Å²) in [6, 6.07) is 31.2. The van der Waals surface area contributed by atoms with Gasteiger partial charge in [-0.05, 0) is 132 Å². The van der Waals surface area contributed by atoms with E-state index in [4.69, 9.17) is 18.9 Å². The third-order valence-corrected chi connectivity index (χ3v) is 20.6. The fourth-order valence-corrected chi connectivity index (χ4v) is 18.3. The minimum absolute atomic E-state index is 0. The van der Waals surface area contributed by atoms with Gasteiger partial charge in [-0.2, -0.15) is 0 Å². The predicted molar refractivity (Wildman–Crippen MR) is 251 cm³/mol. The molecule has 0 unspecified atom stereocenters. The number of hydrogen-bond donors (Lipinski definition) is 0. The van der Waals surface area contributed by atoms with Gasteiger partial charge in [0.2, 0.25) is 0 Å². The van der Waals surface area contributed by atoms with E-state index in [0.29, 0.717) is 0 Å². The van der Waals surface area contributed by atoms with Crippen LogP contribution in [0.5, 0.6) is 23.0 Å². The maximum absolute atomic E-state index is 5.70. The maximum Gasteiger partial charge on any atom is 2.00 e. The summed E-state index contributed by atoms with van der Waals surface area (Å²) >= 11 is 0. The van der Waals surface area contributed by atoms with Gasteiger partial charge in [-0.3, -0.25) is 0 Å². The maximum atomic E-state index is 5.70. The summed E-state index contributed by atoms with van der Waals surface area (Å²) in [6.07, 6.45) is 28.8. The van der Waals surface area contributed by atoms with Crippen LogP contribution in [-0.2, 0) is 20.4 Å². The zero-order valence-corrected chi connectivity index (χ0v) is 42.0. The van der Waals surface area contributed by atoms with E-state index in [1.54, 1.807) is 39.0 Å². The van der Waals surface area contributed by atoms with E-state index in [0.717, 1.165) is 56.8 Å². The number of halogens is 2. The van der Waals surface area contributed by atoms with E-state index in [2.05, 4.69) is 60.7 Å². The van der Waals surface area contributed by atoms with E-state index in [1.807, 2.05) is 24.3 Å². The van der Waals surface area contributed by atoms with Crippen molar-refractivity contribution in [2.75, 3.05) is 28.4 Å². The fraction of sp³-hybridized carbons (Fsp3) is 0.538. The molecule has 0 spiro atoms. The first-order valence-corrected chi connectivity index (χ1v) is 25.8. The van der Waals surface area contributed by atoms with Crippen LogP contribution in [0.4, 0.5) is 0 Å². The molecule has 4 aromatic carbocycles. The Morgan fingerprint density at radius 2 is 0.689 bits per heavy atom. The zero-order valence-electron chi connectivity index (χ0n) is 37.1. The summed E-state index contributed by atoms with van der Waals surface area (Å²) in [5.41, 5.74) is 8.59. The van der Waals surface area contributed by atoms with Crippen molar-refractivity contribution in [2.45, 2.75) is 151 Å². The molecule has 8 rings (SSSR count). The summed E-state index contributed by atoms with van der Waals surface area (Å²) in [6.45, 7) is 0. The molecule has 4 fully saturated rings. The molecule has 9 heteroatoms. The molecule has 4 nitrogen and oxygen atoms in total. The molecule has 0 N–H and O–H groups in total. The van der Waals surface area contributed by atoms with Gasteiger partial charge in [0.05, 0.1) is 28.4 Å². The van der Waals surface area contributed by atoms with Gasteiger partial charge in [0, 0.05) is 23.3 Å². The van der Waals surface area contributed by atoms with Crippen LogP contribution < -0.4 is 54.4 Å². The Labute approximate surface area is 397 Å². The van der Waals surface area contributed by atoms with Crippen LogP contribution in [-0.4, -0.2) is 51.1 Å². The molecule has 0 heterocycles. The molecule has 4 aliphatic rings. The largest absolute Gasteiger partial charge is 2.00 e. The van der Waals surface area contributed by atoms with E-state index < -0.39 is 0 Å². The number of ether oxygens (including phenoxy) is 4. The first-order chi connectivity index (χ1) is 28.6. The second-order valence-electron chi connectivity index (χ2n) is 17.2. The van der Waals surface area contributed by atoms with Gasteiger partial charge in [-0.25, -0.2) is 0 Å². The summed E-state index contributed by atoms with van der Waals surface area (Å²) in [4.78, 5) is 0. The molecular formula is C52H70Cl2O4P2Pd. The average molecular weight is 998 g/mol. The average Bonchev–Trinajstić information content (AvgIpc) is 3.30. The second kappa shape index (κ2) is 26.8. The summed E-state index contributed by atoms with van der Waals surface area (Å²) < 4.78 is 22.2. The molecule has 0 radical (unpaired) electrons. The first-order valence-electron chi connectivity index (χ1n) is 22.8. The van der Waals surface area contributed by atoms with Crippen molar-refractivity contribution < 1.29 is 64.2 Å². The molecule has 336 valence electrons. The van der Waals surface area contributed by atoms with Crippen molar-refractivity contribution in [1.29, 1.82) is 0 Å². The molecule has 4 saturated carbocycles. The number of benzene rings is 4. The molecule has 4 aliphatic carbocycles. The van der Waals surface area contributed by atoms with Crippen LogP contribution in [0.3, 0.4) is 0 Å². The minimum Gasteiger partial charge on any atom is -1.00 e. The van der Waals surface area contributed by atoms with Crippen LogP contribution in [0, 0.1) is 0 Å². The number of hydrogen-bond acceptors (Lipinski definition) is 4. The van der Waals surface area contributed by atoms with Crippen LogP contribution in [0.1, 0.15) is 128 Å². The van der Waals surface area contributed by atoms with Crippen molar-refractivity contribution in [3.8, 4) is 45.3 Å². The van der Waals surface area contributed by atoms with Crippen molar-refractivity contribution in [2.24, 2.45) is 0 Å². The van der Waals surface area contributed by atoms with Gasteiger partial charge < -0.3 is 43.8 Å². The first kappa shape index (κ1) is 51.8. The topological polar surface area (TPSA) is 36.9 Å². The Hall–Kier alpha value is -1.82. The van der Waals surface area contributed by atoms with Gasteiger partial charge in [0.15, 0.2) is 0 Å².